The normalized spacial score (nSPS) is 35.4. The number of aldehydes is 1. The number of carbonyl (C=O) groups is 1. The smallest absolute Gasteiger partial charge is 0.123 e. The van der Waals surface area contributed by atoms with Crippen LogP contribution in [-0.2, 0) is 4.79 Å². The first-order valence-electron chi connectivity index (χ1n) is 6.35. The van der Waals surface area contributed by atoms with Gasteiger partial charge in [0.15, 0.2) is 0 Å². The molecule has 2 rings (SSSR count). The van der Waals surface area contributed by atoms with E-state index in [2.05, 4.69) is 0 Å². The Morgan fingerprint density at radius 3 is 1.86 bits per heavy atom. The van der Waals surface area contributed by atoms with Crippen molar-refractivity contribution in [2.75, 3.05) is 0 Å². The number of hydrogen-bond donors (Lipinski definition) is 0. The molecule has 0 aliphatic heterocycles. The van der Waals surface area contributed by atoms with Gasteiger partial charge in [0, 0.05) is 5.92 Å². The molecule has 0 radical (unpaired) electrons. The average Bonchev–Trinajstić information content (AvgIpc) is 2.30. The van der Waals surface area contributed by atoms with E-state index in [1.807, 2.05) is 0 Å². The summed E-state index contributed by atoms with van der Waals surface area (Å²) in [5, 5.41) is 0. The van der Waals surface area contributed by atoms with Crippen LogP contribution in [0.3, 0.4) is 0 Å². The molecule has 14 heavy (non-hydrogen) atoms. The van der Waals surface area contributed by atoms with Crippen molar-refractivity contribution in [1.82, 2.24) is 0 Å². The zero-order chi connectivity index (χ0) is 9.80. The van der Waals surface area contributed by atoms with Gasteiger partial charge in [-0.2, -0.15) is 0 Å². The summed E-state index contributed by atoms with van der Waals surface area (Å²) in [6, 6.07) is 0. The molecule has 2 fully saturated rings. The van der Waals surface area contributed by atoms with Crippen LogP contribution in [-0.4, -0.2) is 6.29 Å². The average molecular weight is 194 g/mol. The molecule has 2 aliphatic rings. The van der Waals surface area contributed by atoms with Gasteiger partial charge in [0.2, 0.25) is 0 Å². The lowest BCUT2D eigenvalue weighted by Gasteiger charge is -2.34. The first-order valence-corrected chi connectivity index (χ1v) is 6.35. The summed E-state index contributed by atoms with van der Waals surface area (Å²) >= 11 is 0. The second-order valence-corrected chi connectivity index (χ2v) is 5.21. The minimum atomic E-state index is 0.398. The van der Waals surface area contributed by atoms with Gasteiger partial charge >= 0.3 is 0 Å². The topological polar surface area (TPSA) is 17.1 Å². The lowest BCUT2D eigenvalue weighted by molar-refractivity contribution is -0.112. The largest absolute Gasteiger partial charge is 0.303 e. The molecule has 0 amide bonds. The number of hydrogen-bond acceptors (Lipinski definition) is 1. The molecular formula is C13H22O. The quantitative estimate of drug-likeness (QED) is 0.614. The zero-order valence-corrected chi connectivity index (χ0v) is 9.08. The lowest BCUT2D eigenvalue weighted by Crippen LogP contribution is -2.23. The molecule has 2 saturated carbocycles. The molecule has 0 bridgehead atoms. The van der Waals surface area contributed by atoms with Crippen LogP contribution in [0.1, 0.15) is 57.8 Å². The Morgan fingerprint density at radius 2 is 1.29 bits per heavy atom. The number of rotatable bonds is 2. The van der Waals surface area contributed by atoms with Gasteiger partial charge < -0.3 is 4.79 Å². The van der Waals surface area contributed by atoms with Gasteiger partial charge in [-0.15, -0.1) is 0 Å². The summed E-state index contributed by atoms with van der Waals surface area (Å²) in [7, 11) is 0. The van der Waals surface area contributed by atoms with Gasteiger partial charge in [-0.3, -0.25) is 0 Å². The second kappa shape index (κ2) is 4.95. The van der Waals surface area contributed by atoms with Crippen LogP contribution in [0.15, 0.2) is 0 Å². The predicted molar refractivity (Wildman–Crippen MR) is 58.1 cm³/mol. The van der Waals surface area contributed by atoms with E-state index in [0.29, 0.717) is 5.92 Å². The molecule has 0 heterocycles. The van der Waals surface area contributed by atoms with Crippen LogP contribution >= 0.6 is 0 Å². The summed E-state index contributed by atoms with van der Waals surface area (Å²) in [6.07, 6.45) is 13.5. The predicted octanol–water partition coefficient (Wildman–Crippen LogP) is 3.57. The molecule has 0 N–H and O–H groups in total. The minimum Gasteiger partial charge on any atom is -0.303 e. The molecular weight excluding hydrogens is 172 g/mol. The van der Waals surface area contributed by atoms with E-state index in [0.717, 1.165) is 11.8 Å². The maximum Gasteiger partial charge on any atom is 0.123 e. The van der Waals surface area contributed by atoms with Crippen molar-refractivity contribution < 1.29 is 4.79 Å². The Kier molecular flexibility index (Phi) is 3.61. The second-order valence-electron chi connectivity index (χ2n) is 5.21. The molecule has 80 valence electrons. The van der Waals surface area contributed by atoms with Crippen LogP contribution in [0.2, 0.25) is 0 Å². The molecule has 0 saturated heterocycles. The molecule has 0 aromatic rings. The van der Waals surface area contributed by atoms with Crippen LogP contribution in [0.5, 0.6) is 0 Å². The summed E-state index contributed by atoms with van der Waals surface area (Å²) in [5.41, 5.74) is 0. The Morgan fingerprint density at radius 1 is 0.714 bits per heavy atom. The van der Waals surface area contributed by atoms with E-state index in [4.69, 9.17) is 0 Å². The van der Waals surface area contributed by atoms with Crippen molar-refractivity contribution in [3.63, 3.8) is 0 Å². The molecule has 1 nitrogen and oxygen atoms in total. The molecule has 1 heteroatoms. The maximum atomic E-state index is 10.6. The van der Waals surface area contributed by atoms with Crippen molar-refractivity contribution in [3.05, 3.63) is 0 Å². The summed E-state index contributed by atoms with van der Waals surface area (Å²) in [4.78, 5) is 10.6. The Balaban J connectivity index is 1.78. The third-order valence-corrected chi connectivity index (χ3v) is 4.33. The molecule has 2 aliphatic carbocycles. The van der Waals surface area contributed by atoms with Crippen molar-refractivity contribution in [2.24, 2.45) is 17.8 Å². The Hall–Kier alpha value is -0.330. The summed E-state index contributed by atoms with van der Waals surface area (Å²) in [6.45, 7) is 0. The van der Waals surface area contributed by atoms with E-state index in [9.17, 15) is 4.79 Å². The summed E-state index contributed by atoms with van der Waals surface area (Å²) in [5.74, 6) is 2.37. The van der Waals surface area contributed by atoms with E-state index in [1.165, 1.54) is 64.1 Å². The maximum absolute atomic E-state index is 10.6. The lowest BCUT2D eigenvalue weighted by atomic mass is 9.71. The van der Waals surface area contributed by atoms with Gasteiger partial charge in [0.05, 0.1) is 0 Å². The Bertz CT molecular complexity index is 174. The first-order chi connectivity index (χ1) is 6.90. The van der Waals surface area contributed by atoms with Gasteiger partial charge in [0.25, 0.3) is 0 Å². The van der Waals surface area contributed by atoms with Crippen molar-refractivity contribution in [2.45, 2.75) is 57.8 Å². The van der Waals surface area contributed by atoms with Crippen LogP contribution in [0.25, 0.3) is 0 Å². The monoisotopic (exact) mass is 194 g/mol. The first kappa shape index (κ1) is 10.2. The SMILES string of the molecule is O=CC1CCC(C2CCCCC2)CC1. The minimum absolute atomic E-state index is 0.398. The van der Waals surface area contributed by atoms with Gasteiger partial charge in [-0.1, -0.05) is 32.1 Å². The Labute approximate surface area is 87.3 Å². The van der Waals surface area contributed by atoms with E-state index >= 15 is 0 Å². The zero-order valence-electron chi connectivity index (χ0n) is 9.08. The van der Waals surface area contributed by atoms with Crippen LogP contribution in [0.4, 0.5) is 0 Å². The highest BCUT2D eigenvalue weighted by atomic mass is 16.1. The molecule has 0 aromatic heterocycles. The third-order valence-electron chi connectivity index (χ3n) is 4.33. The van der Waals surface area contributed by atoms with E-state index < -0.39 is 0 Å². The molecule has 0 atom stereocenters. The van der Waals surface area contributed by atoms with E-state index in [-0.39, 0.29) is 0 Å². The highest BCUT2D eigenvalue weighted by Gasteiger charge is 2.27. The van der Waals surface area contributed by atoms with Gasteiger partial charge in [-0.05, 0) is 37.5 Å². The standard InChI is InChI=1S/C13H22O/c14-10-11-6-8-13(9-7-11)12-4-2-1-3-5-12/h10-13H,1-9H2. The van der Waals surface area contributed by atoms with Gasteiger partial charge in [-0.25, -0.2) is 0 Å². The highest BCUT2D eigenvalue weighted by molar-refractivity contribution is 5.53. The fourth-order valence-electron chi connectivity index (χ4n) is 3.36. The molecule has 0 unspecified atom stereocenters. The van der Waals surface area contributed by atoms with Crippen molar-refractivity contribution in [1.29, 1.82) is 0 Å². The van der Waals surface area contributed by atoms with E-state index in [1.54, 1.807) is 0 Å². The fraction of sp³-hybridized carbons (Fsp3) is 0.923. The molecule has 0 spiro atoms. The summed E-state index contributed by atoms with van der Waals surface area (Å²) < 4.78 is 0. The highest BCUT2D eigenvalue weighted by Crippen LogP contribution is 2.39. The molecule has 0 aromatic carbocycles. The number of carbonyl (C=O) groups excluding carboxylic acids is 1. The fourth-order valence-corrected chi connectivity index (χ4v) is 3.36. The van der Waals surface area contributed by atoms with Crippen molar-refractivity contribution in [3.8, 4) is 0 Å². The van der Waals surface area contributed by atoms with Gasteiger partial charge in [0.1, 0.15) is 6.29 Å². The van der Waals surface area contributed by atoms with Crippen LogP contribution < -0.4 is 0 Å². The van der Waals surface area contributed by atoms with Crippen LogP contribution in [0, 0.1) is 17.8 Å². The third kappa shape index (κ3) is 2.37. The van der Waals surface area contributed by atoms with Crippen molar-refractivity contribution >= 4 is 6.29 Å².